The van der Waals surface area contributed by atoms with Crippen LogP contribution >= 0.6 is 0 Å². The van der Waals surface area contributed by atoms with E-state index in [4.69, 9.17) is 4.74 Å². The molecule has 1 atom stereocenters. The van der Waals surface area contributed by atoms with Crippen LogP contribution in [0.25, 0.3) is 0 Å². The van der Waals surface area contributed by atoms with Crippen LogP contribution in [0.1, 0.15) is 53.6 Å². The molecule has 3 heterocycles. The van der Waals surface area contributed by atoms with Crippen molar-refractivity contribution in [1.82, 2.24) is 20.3 Å². The Hall–Kier alpha value is -2.34. The molecule has 24 heavy (non-hydrogen) atoms. The van der Waals surface area contributed by atoms with Crippen molar-refractivity contribution in [2.45, 2.75) is 45.3 Å². The molecule has 0 saturated carbocycles. The quantitative estimate of drug-likeness (QED) is 0.934. The number of nitrogens with one attached hydrogen (secondary N) is 1. The number of carbonyl (C=O) groups is 1. The highest BCUT2D eigenvalue weighted by Crippen LogP contribution is 2.32. The number of amides is 1. The second-order valence-corrected chi connectivity index (χ2v) is 6.32. The van der Waals surface area contributed by atoms with Crippen LogP contribution in [0.4, 0.5) is 0 Å². The Balaban J connectivity index is 1.60. The van der Waals surface area contributed by atoms with Gasteiger partial charge in [0.1, 0.15) is 5.60 Å². The first-order valence-corrected chi connectivity index (χ1v) is 8.23. The number of hydrogen-bond acceptors (Lipinski definition) is 5. The molecule has 2 aromatic rings. The minimum Gasteiger partial charge on any atom is -0.367 e. The van der Waals surface area contributed by atoms with Gasteiger partial charge in [-0.1, -0.05) is 0 Å². The van der Waals surface area contributed by atoms with Gasteiger partial charge in [0.2, 0.25) is 0 Å². The molecule has 0 spiro atoms. The van der Waals surface area contributed by atoms with Crippen LogP contribution in [0.3, 0.4) is 0 Å². The summed E-state index contributed by atoms with van der Waals surface area (Å²) in [5.41, 5.74) is 1.88. The Morgan fingerprint density at radius 3 is 2.62 bits per heavy atom. The zero-order valence-corrected chi connectivity index (χ0v) is 14.1. The Labute approximate surface area is 141 Å². The van der Waals surface area contributed by atoms with Crippen molar-refractivity contribution in [2.75, 3.05) is 6.61 Å². The Bertz CT molecular complexity index is 692. The highest BCUT2D eigenvalue weighted by atomic mass is 16.5. The van der Waals surface area contributed by atoms with Crippen LogP contribution in [0, 0.1) is 6.92 Å². The van der Waals surface area contributed by atoms with Crippen molar-refractivity contribution in [3.63, 3.8) is 0 Å². The number of rotatable bonds is 4. The van der Waals surface area contributed by atoms with E-state index >= 15 is 0 Å². The molecule has 1 N–H and O–H groups in total. The third-order valence-electron chi connectivity index (χ3n) is 4.27. The van der Waals surface area contributed by atoms with Gasteiger partial charge in [-0.15, -0.1) is 0 Å². The lowest BCUT2D eigenvalue weighted by molar-refractivity contribution is -0.0760. The van der Waals surface area contributed by atoms with Gasteiger partial charge in [0.15, 0.2) is 5.82 Å². The van der Waals surface area contributed by atoms with Crippen molar-refractivity contribution >= 4 is 5.91 Å². The first-order chi connectivity index (χ1) is 11.6. The molecule has 0 unspecified atom stereocenters. The molecule has 1 saturated heterocycles. The Kier molecular flexibility index (Phi) is 4.85. The largest absolute Gasteiger partial charge is 0.367 e. The summed E-state index contributed by atoms with van der Waals surface area (Å²) in [6, 6.07) is 3.58. The third-order valence-corrected chi connectivity index (χ3v) is 4.27. The molecule has 1 amide bonds. The molecule has 1 aliphatic heterocycles. The summed E-state index contributed by atoms with van der Waals surface area (Å²) in [5.74, 6) is 0.550. The van der Waals surface area contributed by atoms with Crippen molar-refractivity contribution in [3.05, 3.63) is 53.4 Å². The highest BCUT2D eigenvalue weighted by molar-refractivity contribution is 5.93. The minimum atomic E-state index is -0.395. The molecule has 6 heteroatoms. The number of hydrogen-bond donors (Lipinski definition) is 1. The number of pyridine rings is 1. The Morgan fingerprint density at radius 1 is 1.21 bits per heavy atom. The predicted octanol–water partition coefficient (Wildman–Crippen LogP) is 2.53. The third kappa shape index (κ3) is 3.76. The number of carbonyl (C=O) groups excluding carboxylic acids is 1. The fourth-order valence-corrected chi connectivity index (χ4v) is 2.72. The lowest BCUT2D eigenvalue weighted by atomic mass is 9.95. The van der Waals surface area contributed by atoms with Gasteiger partial charge >= 0.3 is 0 Å². The first kappa shape index (κ1) is 16.5. The molecule has 1 fully saturated rings. The van der Waals surface area contributed by atoms with E-state index in [1.54, 1.807) is 24.7 Å². The van der Waals surface area contributed by atoms with E-state index in [9.17, 15) is 4.79 Å². The van der Waals surface area contributed by atoms with Crippen molar-refractivity contribution < 1.29 is 9.53 Å². The first-order valence-electron chi connectivity index (χ1n) is 8.23. The van der Waals surface area contributed by atoms with Crippen LogP contribution in [-0.4, -0.2) is 27.5 Å². The van der Waals surface area contributed by atoms with Gasteiger partial charge in [0.25, 0.3) is 5.91 Å². The molecule has 1 aliphatic rings. The lowest BCUT2D eigenvalue weighted by Gasteiger charge is -2.32. The normalized spacial score (nSPS) is 20.6. The van der Waals surface area contributed by atoms with Crippen LogP contribution in [-0.2, 0) is 16.9 Å². The molecule has 0 bridgehead atoms. The van der Waals surface area contributed by atoms with E-state index in [0.29, 0.717) is 17.9 Å². The van der Waals surface area contributed by atoms with Crippen LogP contribution in [0.15, 0.2) is 30.7 Å². The average molecular weight is 326 g/mol. The lowest BCUT2D eigenvalue weighted by Crippen LogP contribution is -2.32. The SMILES string of the molecule is Cc1ccc(C(=O)NCc2cnc([C@@]3(C)CCCCO3)nc2)cn1. The summed E-state index contributed by atoms with van der Waals surface area (Å²) < 4.78 is 5.86. The molecule has 2 aromatic heterocycles. The molecule has 126 valence electrons. The van der Waals surface area contributed by atoms with E-state index in [2.05, 4.69) is 20.3 Å². The van der Waals surface area contributed by atoms with Crippen molar-refractivity contribution in [2.24, 2.45) is 0 Å². The molecule has 0 radical (unpaired) electrons. The number of ether oxygens (including phenoxy) is 1. The topological polar surface area (TPSA) is 77.0 Å². The van der Waals surface area contributed by atoms with E-state index in [1.165, 1.54) is 0 Å². The maximum absolute atomic E-state index is 12.1. The smallest absolute Gasteiger partial charge is 0.253 e. The molecular formula is C18H22N4O2. The molecule has 6 nitrogen and oxygen atoms in total. The van der Waals surface area contributed by atoms with Gasteiger partial charge in [-0.05, 0) is 45.2 Å². The summed E-state index contributed by atoms with van der Waals surface area (Å²) in [5, 5.41) is 2.85. The monoisotopic (exact) mass is 326 g/mol. The molecular weight excluding hydrogens is 304 g/mol. The van der Waals surface area contributed by atoms with Gasteiger partial charge < -0.3 is 10.1 Å². The van der Waals surface area contributed by atoms with E-state index < -0.39 is 5.60 Å². The summed E-state index contributed by atoms with van der Waals surface area (Å²) in [4.78, 5) is 25.1. The van der Waals surface area contributed by atoms with Gasteiger partial charge in [-0.25, -0.2) is 9.97 Å². The van der Waals surface area contributed by atoms with E-state index in [0.717, 1.165) is 37.1 Å². The standard InChI is InChI=1S/C18H22N4O2/c1-13-5-6-15(12-19-13)16(23)20-9-14-10-21-17(22-11-14)18(2)7-3-4-8-24-18/h5-6,10-12H,3-4,7-9H2,1-2H3,(H,20,23)/t18-/m1/s1. The van der Waals surface area contributed by atoms with E-state index in [1.807, 2.05) is 19.9 Å². The van der Waals surface area contributed by atoms with Gasteiger partial charge in [0, 0.05) is 43.0 Å². The van der Waals surface area contributed by atoms with Gasteiger partial charge in [-0.2, -0.15) is 0 Å². The second-order valence-electron chi connectivity index (χ2n) is 6.32. The maximum Gasteiger partial charge on any atom is 0.253 e. The van der Waals surface area contributed by atoms with Gasteiger partial charge in [0.05, 0.1) is 5.56 Å². The molecule has 0 aromatic carbocycles. The summed E-state index contributed by atoms with van der Waals surface area (Å²) in [7, 11) is 0. The van der Waals surface area contributed by atoms with Crippen LogP contribution < -0.4 is 5.32 Å². The fraction of sp³-hybridized carbons (Fsp3) is 0.444. The fourth-order valence-electron chi connectivity index (χ4n) is 2.72. The second kappa shape index (κ2) is 7.05. The van der Waals surface area contributed by atoms with Crippen molar-refractivity contribution in [1.29, 1.82) is 0 Å². The minimum absolute atomic E-state index is 0.158. The number of aryl methyl sites for hydroxylation is 1. The highest BCUT2D eigenvalue weighted by Gasteiger charge is 2.32. The molecule has 3 rings (SSSR count). The summed E-state index contributed by atoms with van der Waals surface area (Å²) >= 11 is 0. The molecule has 0 aliphatic carbocycles. The number of nitrogens with zero attached hydrogens (tertiary/aromatic N) is 3. The van der Waals surface area contributed by atoms with E-state index in [-0.39, 0.29) is 5.91 Å². The number of aromatic nitrogens is 3. The van der Waals surface area contributed by atoms with Crippen LogP contribution in [0.2, 0.25) is 0 Å². The zero-order chi connectivity index (χ0) is 17.0. The predicted molar refractivity (Wildman–Crippen MR) is 89.3 cm³/mol. The Morgan fingerprint density at radius 2 is 2.00 bits per heavy atom. The zero-order valence-electron chi connectivity index (χ0n) is 14.1. The average Bonchev–Trinajstić information content (AvgIpc) is 2.61. The maximum atomic E-state index is 12.1. The van der Waals surface area contributed by atoms with Crippen molar-refractivity contribution in [3.8, 4) is 0 Å². The van der Waals surface area contributed by atoms with Gasteiger partial charge in [-0.3, -0.25) is 9.78 Å². The summed E-state index contributed by atoms with van der Waals surface area (Å²) in [6.45, 7) is 5.05. The van der Waals surface area contributed by atoms with Crippen LogP contribution in [0.5, 0.6) is 0 Å². The summed E-state index contributed by atoms with van der Waals surface area (Å²) in [6.07, 6.45) is 8.23.